The van der Waals surface area contributed by atoms with Crippen LogP contribution in [-0.4, -0.2) is 33.4 Å². The molecule has 112 valence electrons. The lowest BCUT2D eigenvalue weighted by molar-refractivity contribution is -0.135. The first-order chi connectivity index (χ1) is 10.5. The Morgan fingerprint density at radius 1 is 0.591 bits per heavy atom. The van der Waals surface area contributed by atoms with Crippen molar-refractivity contribution in [1.29, 1.82) is 0 Å². The van der Waals surface area contributed by atoms with Crippen LogP contribution in [0.5, 0.6) is 0 Å². The molecule has 2 heterocycles. The van der Waals surface area contributed by atoms with Crippen LogP contribution in [0.4, 0.5) is 0 Å². The predicted octanol–water partition coefficient (Wildman–Crippen LogP) is 1.18. The zero-order chi connectivity index (χ0) is 15.7. The van der Waals surface area contributed by atoms with Gasteiger partial charge >= 0.3 is 0 Å². The second-order valence-corrected chi connectivity index (χ2v) is 5.33. The van der Waals surface area contributed by atoms with Gasteiger partial charge in [0.05, 0.1) is 0 Å². The maximum atomic E-state index is 11.5. The van der Waals surface area contributed by atoms with Gasteiger partial charge in [-0.05, 0) is 25.7 Å². The molecule has 0 unspecified atom stereocenters. The molecular formula is C16H14N2O4. The Balaban J connectivity index is 1.63. The van der Waals surface area contributed by atoms with E-state index in [-0.39, 0.29) is 23.6 Å². The highest BCUT2D eigenvalue weighted by atomic mass is 16.2. The van der Waals surface area contributed by atoms with Crippen molar-refractivity contribution in [3.8, 4) is 0 Å². The molecule has 0 saturated heterocycles. The van der Waals surface area contributed by atoms with Crippen LogP contribution in [0.3, 0.4) is 0 Å². The number of nitrogens with zero attached hydrogens (tertiary/aromatic N) is 2. The second-order valence-electron chi connectivity index (χ2n) is 5.33. The molecule has 1 fully saturated rings. The molecule has 0 aromatic heterocycles. The largest absolute Gasteiger partial charge is 0.269 e. The second kappa shape index (κ2) is 5.55. The van der Waals surface area contributed by atoms with Gasteiger partial charge in [0, 0.05) is 36.7 Å². The number of amides is 4. The standard InChI is InChI=1S/C16H14N2O4/c19-13-5-6-14(20)17(13)9-11-1-2-12(4-3-11)10-18-15(21)7-8-16(18)22/h5-10H,1-4H2. The average Bonchev–Trinajstić information content (AvgIpc) is 2.99. The third-order valence-corrected chi connectivity index (χ3v) is 3.84. The van der Waals surface area contributed by atoms with Gasteiger partial charge in [0.15, 0.2) is 0 Å². The fraction of sp³-hybridized carbons (Fsp3) is 0.250. The van der Waals surface area contributed by atoms with Gasteiger partial charge in [-0.15, -0.1) is 0 Å². The monoisotopic (exact) mass is 298 g/mol. The van der Waals surface area contributed by atoms with E-state index in [2.05, 4.69) is 0 Å². The normalized spacial score (nSPS) is 21.5. The van der Waals surface area contributed by atoms with Crippen molar-refractivity contribution >= 4 is 23.6 Å². The average molecular weight is 298 g/mol. The minimum atomic E-state index is -0.321. The lowest BCUT2D eigenvalue weighted by atomic mass is 9.91. The molecule has 0 atom stereocenters. The summed E-state index contributed by atoms with van der Waals surface area (Å²) in [4.78, 5) is 48.2. The molecule has 4 amide bonds. The lowest BCUT2D eigenvalue weighted by Gasteiger charge is -2.21. The van der Waals surface area contributed by atoms with E-state index in [1.54, 1.807) is 12.4 Å². The Labute approximate surface area is 127 Å². The number of carbonyl (C=O) groups excluding carboxylic acids is 4. The van der Waals surface area contributed by atoms with E-state index in [1.165, 1.54) is 24.3 Å². The third kappa shape index (κ3) is 2.67. The van der Waals surface area contributed by atoms with E-state index < -0.39 is 0 Å². The van der Waals surface area contributed by atoms with Crippen LogP contribution < -0.4 is 0 Å². The van der Waals surface area contributed by atoms with Crippen LogP contribution in [0.25, 0.3) is 0 Å². The molecule has 3 aliphatic rings. The van der Waals surface area contributed by atoms with Gasteiger partial charge in [-0.25, -0.2) is 0 Å². The van der Waals surface area contributed by atoms with E-state index in [0.29, 0.717) is 25.7 Å². The van der Waals surface area contributed by atoms with Gasteiger partial charge in [0.1, 0.15) is 0 Å². The van der Waals surface area contributed by atoms with E-state index in [4.69, 9.17) is 0 Å². The molecule has 1 aliphatic carbocycles. The molecule has 6 heteroatoms. The number of hydrogen-bond acceptors (Lipinski definition) is 4. The van der Waals surface area contributed by atoms with Gasteiger partial charge in [-0.1, -0.05) is 11.1 Å². The molecule has 0 N–H and O–H groups in total. The van der Waals surface area contributed by atoms with Crippen LogP contribution in [-0.2, 0) is 19.2 Å². The number of allylic oxidation sites excluding steroid dienone is 2. The third-order valence-electron chi connectivity index (χ3n) is 3.84. The Bertz CT molecular complexity index is 589. The molecule has 0 aromatic carbocycles. The Hall–Kier alpha value is -2.76. The number of imide groups is 2. The van der Waals surface area contributed by atoms with Crippen LogP contribution in [0.1, 0.15) is 25.7 Å². The maximum Gasteiger partial charge on any atom is 0.257 e. The van der Waals surface area contributed by atoms with Crippen molar-refractivity contribution in [2.45, 2.75) is 25.7 Å². The number of carbonyl (C=O) groups is 4. The summed E-state index contributed by atoms with van der Waals surface area (Å²) < 4.78 is 0. The Morgan fingerprint density at radius 2 is 0.864 bits per heavy atom. The highest BCUT2D eigenvalue weighted by Gasteiger charge is 2.24. The topological polar surface area (TPSA) is 74.8 Å². The van der Waals surface area contributed by atoms with Crippen molar-refractivity contribution in [2.24, 2.45) is 0 Å². The van der Waals surface area contributed by atoms with Gasteiger partial charge in [-0.3, -0.25) is 29.0 Å². The van der Waals surface area contributed by atoms with E-state index in [1.807, 2.05) is 0 Å². The summed E-state index contributed by atoms with van der Waals surface area (Å²) in [6.45, 7) is 0. The molecule has 2 aliphatic heterocycles. The molecule has 0 bridgehead atoms. The smallest absolute Gasteiger partial charge is 0.257 e. The summed E-state index contributed by atoms with van der Waals surface area (Å²) in [5.74, 6) is -1.28. The van der Waals surface area contributed by atoms with Crippen LogP contribution in [0.15, 0.2) is 47.9 Å². The first kappa shape index (κ1) is 14.2. The minimum Gasteiger partial charge on any atom is -0.269 e. The SMILES string of the molecule is O=C1C=CC(=O)N1C=C1CCC(=CN2C(=O)C=CC2=O)CC1. The van der Waals surface area contributed by atoms with Crippen molar-refractivity contribution in [3.63, 3.8) is 0 Å². The maximum absolute atomic E-state index is 11.5. The quantitative estimate of drug-likeness (QED) is 0.717. The van der Waals surface area contributed by atoms with Gasteiger partial charge in [0.2, 0.25) is 0 Å². The van der Waals surface area contributed by atoms with Crippen molar-refractivity contribution < 1.29 is 19.2 Å². The molecular weight excluding hydrogens is 284 g/mol. The van der Waals surface area contributed by atoms with Gasteiger partial charge < -0.3 is 0 Å². The Kier molecular flexibility index (Phi) is 3.58. The van der Waals surface area contributed by atoms with Crippen LogP contribution >= 0.6 is 0 Å². The van der Waals surface area contributed by atoms with Crippen molar-refractivity contribution in [1.82, 2.24) is 9.80 Å². The highest BCUT2D eigenvalue weighted by molar-refractivity contribution is 6.14. The van der Waals surface area contributed by atoms with E-state index in [9.17, 15) is 19.2 Å². The van der Waals surface area contributed by atoms with E-state index in [0.717, 1.165) is 20.9 Å². The Morgan fingerprint density at radius 3 is 1.14 bits per heavy atom. The molecule has 1 saturated carbocycles. The molecule has 3 rings (SSSR count). The molecule has 22 heavy (non-hydrogen) atoms. The fourth-order valence-corrected chi connectivity index (χ4v) is 2.59. The molecule has 6 nitrogen and oxygen atoms in total. The fourth-order valence-electron chi connectivity index (χ4n) is 2.59. The zero-order valence-electron chi connectivity index (χ0n) is 11.8. The predicted molar refractivity (Wildman–Crippen MR) is 76.6 cm³/mol. The summed E-state index contributed by atoms with van der Waals surface area (Å²) in [5, 5.41) is 0. The van der Waals surface area contributed by atoms with E-state index >= 15 is 0 Å². The van der Waals surface area contributed by atoms with Crippen molar-refractivity contribution in [2.75, 3.05) is 0 Å². The van der Waals surface area contributed by atoms with Gasteiger partial charge in [0.25, 0.3) is 23.6 Å². The lowest BCUT2D eigenvalue weighted by Crippen LogP contribution is -2.25. The summed E-state index contributed by atoms with van der Waals surface area (Å²) >= 11 is 0. The van der Waals surface area contributed by atoms with Crippen LogP contribution in [0, 0.1) is 0 Å². The van der Waals surface area contributed by atoms with Crippen molar-refractivity contribution in [3.05, 3.63) is 47.9 Å². The number of hydrogen-bond donors (Lipinski definition) is 0. The highest BCUT2D eigenvalue weighted by Crippen LogP contribution is 2.29. The summed E-state index contributed by atoms with van der Waals surface area (Å²) in [6.07, 6.45) is 11.0. The summed E-state index contributed by atoms with van der Waals surface area (Å²) in [7, 11) is 0. The first-order valence-corrected chi connectivity index (χ1v) is 7.04. The minimum absolute atomic E-state index is 0.321. The van der Waals surface area contributed by atoms with Gasteiger partial charge in [-0.2, -0.15) is 0 Å². The summed E-state index contributed by atoms with van der Waals surface area (Å²) in [5.41, 5.74) is 2.03. The molecule has 0 aromatic rings. The molecule has 0 spiro atoms. The zero-order valence-corrected chi connectivity index (χ0v) is 11.8. The van der Waals surface area contributed by atoms with Crippen LogP contribution in [0.2, 0.25) is 0 Å². The number of rotatable bonds is 2. The molecule has 0 radical (unpaired) electrons. The first-order valence-electron chi connectivity index (χ1n) is 7.04. The summed E-state index contributed by atoms with van der Waals surface area (Å²) in [6, 6.07) is 0.